The summed E-state index contributed by atoms with van der Waals surface area (Å²) in [6.07, 6.45) is 0. The van der Waals surface area contributed by atoms with Gasteiger partial charge in [0.15, 0.2) is 0 Å². The van der Waals surface area contributed by atoms with Gasteiger partial charge in [-0.1, -0.05) is 0 Å². The molecule has 18 N–H and O–H groups in total. The van der Waals surface area contributed by atoms with Gasteiger partial charge in [-0.25, -0.2) is 9.13 Å². The second kappa shape index (κ2) is 17.4. The van der Waals surface area contributed by atoms with E-state index in [0.29, 0.717) is 0 Å². The molecular weight excluding hydrogens is 286 g/mol. The maximum Gasteiger partial charge on any atom is 0.478 e. The lowest BCUT2D eigenvalue weighted by atomic mass is 15.7. The third kappa shape index (κ3) is 65.9. The number of hydrogen-bond donors (Lipinski definition) is 4. The van der Waals surface area contributed by atoms with Crippen LogP contribution in [0.2, 0.25) is 0 Å². The van der Waals surface area contributed by atoms with Crippen molar-refractivity contribution in [1.29, 1.82) is 0 Å². The minimum atomic E-state index is -5.05. The Hall–Kier alpha value is -0.0200. The van der Waals surface area contributed by atoms with Crippen molar-refractivity contribution in [2.45, 2.75) is 0 Å². The van der Waals surface area contributed by atoms with Crippen LogP contribution in [-0.2, 0) is 13.4 Å². The molecule has 0 heterocycles. The van der Waals surface area contributed by atoms with Crippen LogP contribution in [0, 0.1) is 0 Å². The molecule has 0 saturated carbocycles. The van der Waals surface area contributed by atoms with Crippen LogP contribution < -0.4 is 0 Å². The molecule has 112 valence electrons. The third-order valence-corrected chi connectivity index (χ3v) is 1.91. The van der Waals surface area contributed by atoms with Crippen molar-refractivity contribution in [1.82, 2.24) is 0 Å². The predicted molar refractivity (Wildman–Crippen MR) is 50.5 cm³/mol. The van der Waals surface area contributed by atoms with E-state index in [-0.39, 0.29) is 38.3 Å². The molecule has 0 aliphatic rings. The monoisotopic (exact) mass is 304 g/mol. The zero-order valence-corrected chi connectivity index (χ0v) is 9.20. The van der Waals surface area contributed by atoms with E-state index in [1.54, 1.807) is 0 Å². The Balaban J connectivity index is -0.0000000152. The van der Waals surface area contributed by atoms with Crippen molar-refractivity contribution in [2.75, 3.05) is 0 Å². The summed E-state index contributed by atoms with van der Waals surface area (Å²) >= 11 is 0. The fourth-order valence-electron chi connectivity index (χ4n) is 0.139. The molecule has 0 saturated heterocycles. The van der Waals surface area contributed by atoms with Gasteiger partial charge in [-0.15, -0.1) is 0 Å². The molecule has 16 heavy (non-hydrogen) atoms. The molecule has 0 radical (unpaired) electrons. The Morgan fingerprint density at radius 1 is 0.562 bits per heavy atom. The van der Waals surface area contributed by atoms with E-state index in [4.69, 9.17) is 19.6 Å². The van der Waals surface area contributed by atoms with Crippen LogP contribution in [0.5, 0.6) is 0 Å². The molecule has 0 rings (SSSR count). The van der Waals surface area contributed by atoms with Crippen LogP contribution in [0.3, 0.4) is 0 Å². The van der Waals surface area contributed by atoms with Gasteiger partial charge in [0.2, 0.25) is 0 Å². The zero-order chi connectivity index (χ0) is 7.71. The number of hydrogen-bond acceptors (Lipinski definition) is 3. The third-order valence-electron chi connectivity index (χ3n) is 0.213. The molecule has 16 heteroatoms. The first-order valence-corrected chi connectivity index (χ1v) is 4.59. The Kier molecular flexibility index (Phi) is 61.2. The highest BCUT2D eigenvalue weighted by Gasteiger charge is 2.27. The lowest BCUT2D eigenvalue weighted by Gasteiger charge is -2.03. The molecule has 0 fully saturated rings. The van der Waals surface area contributed by atoms with E-state index in [0.717, 1.165) is 0 Å². The maximum absolute atomic E-state index is 9.63. The normalized spacial score (nSPS) is 7.75. The molecule has 0 aromatic carbocycles. The van der Waals surface area contributed by atoms with E-state index < -0.39 is 15.6 Å². The van der Waals surface area contributed by atoms with Gasteiger partial charge in [-0.2, -0.15) is 4.31 Å². The molecule has 0 aromatic rings. The summed E-state index contributed by atoms with van der Waals surface area (Å²) in [5, 5.41) is 0. The summed E-state index contributed by atoms with van der Waals surface area (Å²) in [6.45, 7) is 0. The van der Waals surface area contributed by atoms with Crippen molar-refractivity contribution in [3.05, 3.63) is 0 Å². The Morgan fingerprint density at radius 3 is 0.688 bits per heavy atom. The molecule has 0 amide bonds. The molecular formula is H18O14P2. The minimum Gasteiger partial charge on any atom is -0.412 e. The highest BCUT2D eigenvalue weighted by atomic mass is 31.3. The average Bonchev–Trinajstić information content (AvgIpc) is 1.14. The maximum atomic E-state index is 9.63. The highest BCUT2D eigenvalue weighted by Crippen LogP contribution is 2.53. The average molecular weight is 304 g/mol. The van der Waals surface area contributed by atoms with Gasteiger partial charge in [-0.05, 0) is 0 Å². The second-order valence-corrected chi connectivity index (χ2v) is 3.68. The fourth-order valence-corrected chi connectivity index (χ4v) is 1.25. The molecule has 14 nitrogen and oxygen atoms in total. The lowest BCUT2D eigenvalue weighted by molar-refractivity contribution is 0.225. The Morgan fingerprint density at radius 2 is 0.688 bits per heavy atom. The van der Waals surface area contributed by atoms with E-state index in [2.05, 4.69) is 4.31 Å². The summed E-state index contributed by atoms with van der Waals surface area (Å²) in [6, 6.07) is 0. The van der Waals surface area contributed by atoms with E-state index in [9.17, 15) is 9.13 Å². The predicted octanol–water partition coefficient (Wildman–Crippen LogP) is -6.58. The van der Waals surface area contributed by atoms with Crippen molar-refractivity contribution in [3.8, 4) is 0 Å². The SMILES string of the molecule is O.O.O.O.O.O.O.O=P(O)(O)OP(=O)(O)O. The Labute approximate surface area is 88.1 Å². The summed E-state index contributed by atoms with van der Waals surface area (Å²) < 4.78 is 22.2. The van der Waals surface area contributed by atoms with Crippen LogP contribution in [-0.4, -0.2) is 57.9 Å². The highest BCUT2D eigenvalue weighted by molar-refractivity contribution is 7.60. The molecule has 0 aromatic heterocycles. The molecule has 0 aliphatic carbocycles. The summed E-state index contributed by atoms with van der Waals surface area (Å²) in [5.74, 6) is 0. The molecule has 0 bridgehead atoms. The smallest absolute Gasteiger partial charge is 0.412 e. The van der Waals surface area contributed by atoms with Crippen LogP contribution in [0.4, 0.5) is 0 Å². The topological polar surface area (TPSA) is 345 Å². The van der Waals surface area contributed by atoms with Gasteiger partial charge < -0.3 is 57.9 Å². The van der Waals surface area contributed by atoms with Crippen LogP contribution >= 0.6 is 15.6 Å². The largest absolute Gasteiger partial charge is 0.478 e. The first-order valence-electron chi connectivity index (χ1n) is 1.53. The standard InChI is InChI=1S/H4O7P2.7H2O/c1-8(2,3)7-9(4,5)6;;;;;;;/h(H2,1,2,3)(H2,4,5,6);7*1H2. The number of phosphoric acid groups is 2. The zero-order valence-electron chi connectivity index (χ0n) is 7.41. The molecule has 0 aliphatic heterocycles. The molecule has 0 unspecified atom stereocenters. The first kappa shape index (κ1) is 56.3. The fraction of sp³-hybridized carbons (Fsp3) is 0. The summed E-state index contributed by atoms with van der Waals surface area (Å²) in [7, 11) is -10.1. The van der Waals surface area contributed by atoms with E-state index in [1.807, 2.05) is 0 Å². The van der Waals surface area contributed by atoms with Gasteiger partial charge >= 0.3 is 15.6 Å². The second-order valence-electron chi connectivity index (χ2n) is 1.06. The van der Waals surface area contributed by atoms with Crippen molar-refractivity contribution < 1.29 is 71.3 Å². The van der Waals surface area contributed by atoms with E-state index >= 15 is 0 Å². The van der Waals surface area contributed by atoms with E-state index in [1.165, 1.54) is 0 Å². The first-order chi connectivity index (χ1) is 3.71. The molecule has 0 spiro atoms. The Bertz CT molecular complexity index is 149. The van der Waals surface area contributed by atoms with Gasteiger partial charge in [0.1, 0.15) is 0 Å². The van der Waals surface area contributed by atoms with Gasteiger partial charge in [0.05, 0.1) is 0 Å². The van der Waals surface area contributed by atoms with Crippen molar-refractivity contribution in [3.63, 3.8) is 0 Å². The van der Waals surface area contributed by atoms with Gasteiger partial charge in [0.25, 0.3) is 0 Å². The number of rotatable bonds is 2. The van der Waals surface area contributed by atoms with Gasteiger partial charge in [-0.3, -0.25) is 0 Å². The summed E-state index contributed by atoms with van der Waals surface area (Å²) in [4.78, 5) is 31.0. The summed E-state index contributed by atoms with van der Waals surface area (Å²) in [5.41, 5.74) is 0. The lowest BCUT2D eigenvalue weighted by Crippen LogP contribution is -1.84. The quantitative estimate of drug-likeness (QED) is 0.356. The van der Waals surface area contributed by atoms with Crippen LogP contribution in [0.15, 0.2) is 0 Å². The van der Waals surface area contributed by atoms with Gasteiger partial charge in [0, 0.05) is 0 Å². The van der Waals surface area contributed by atoms with Crippen LogP contribution in [0.1, 0.15) is 0 Å². The van der Waals surface area contributed by atoms with Crippen molar-refractivity contribution in [2.24, 2.45) is 0 Å². The van der Waals surface area contributed by atoms with Crippen molar-refractivity contribution >= 4 is 15.6 Å². The molecule has 0 atom stereocenters. The minimum absolute atomic E-state index is 0. The van der Waals surface area contributed by atoms with Crippen LogP contribution in [0.25, 0.3) is 0 Å².